The summed E-state index contributed by atoms with van der Waals surface area (Å²) >= 11 is 5.39. The zero-order valence-corrected chi connectivity index (χ0v) is 13.4. The van der Waals surface area contributed by atoms with Crippen LogP contribution in [0.25, 0.3) is 11.0 Å². The van der Waals surface area contributed by atoms with Crippen LogP contribution in [0.15, 0.2) is 28.1 Å². The van der Waals surface area contributed by atoms with Gasteiger partial charge in [-0.05, 0) is 48.1 Å². The number of nitrogens with zero attached hydrogens (tertiary/aromatic N) is 1. The first kappa shape index (κ1) is 12.6. The Kier molecular flexibility index (Phi) is 2.94. The lowest BCUT2D eigenvalue weighted by molar-refractivity contribution is 0.555. The molecule has 5 heteroatoms. The van der Waals surface area contributed by atoms with Gasteiger partial charge in [0.1, 0.15) is 5.82 Å². The van der Waals surface area contributed by atoms with Crippen LogP contribution in [0, 0.1) is 6.92 Å². The normalized spacial score (nSPS) is 18.4. The minimum Gasteiger partial charge on any atom is -0.340 e. The zero-order chi connectivity index (χ0) is 13.7. The summed E-state index contributed by atoms with van der Waals surface area (Å²) in [6.07, 6.45) is 1.12. The number of thiophene rings is 1. The molecule has 3 nitrogen and oxygen atoms in total. The van der Waals surface area contributed by atoms with Crippen molar-refractivity contribution in [2.75, 3.05) is 6.54 Å². The Hall–Kier alpha value is -1.17. The van der Waals surface area contributed by atoms with Crippen LogP contribution in [0.4, 0.5) is 0 Å². The molecular formula is C15H14BrN3S. The highest BCUT2D eigenvalue weighted by atomic mass is 79.9. The Balaban J connectivity index is 1.86. The molecule has 20 heavy (non-hydrogen) atoms. The van der Waals surface area contributed by atoms with Crippen molar-refractivity contribution >= 4 is 38.3 Å². The maximum atomic E-state index is 4.82. The number of fused-ring (bicyclic) bond motifs is 2. The van der Waals surface area contributed by atoms with Gasteiger partial charge in [0.05, 0.1) is 17.1 Å². The highest BCUT2D eigenvalue weighted by Gasteiger charge is 2.25. The summed E-state index contributed by atoms with van der Waals surface area (Å²) in [7, 11) is 0. The number of imidazole rings is 1. The van der Waals surface area contributed by atoms with Crippen LogP contribution in [-0.4, -0.2) is 16.5 Å². The minimum absolute atomic E-state index is 0.190. The smallest absolute Gasteiger partial charge is 0.129 e. The molecule has 0 radical (unpaired) electrons. The lowest BCUT2D eigenvalue weighted by Gasteiger charge is -2.22. The molecule has 1 aliphatic heterocycles. The van der Waals surface area contributed by atoms with E-state index in [0.717, 1.165) is 34.3 Å². The monoisotopic (exact) mass is 347 g/mol. The summed E-state index contributed by atoms with van der Waals surface area (Å²) in [6.45, 7) is 3.11. The Labute approximate surface area is 129 Å². The Morgan fingerprint density at radius 3 is 3.20 bits per heavy atom. The largest absolute Gasteiger partial charge is 0.340 e. The molecule has 3 aromatic rings. The number of rotatable bonds is 1. The minimum atomic E-state index is 0.190. The number of nitrogens with one attached hydrogen (secondary N) is 2. The van der Waals surface area contributed by atoms with Crippen molar-refractivity contribution in [3.63, 3.8) is 0 Å². The Bertz CT molecular complexity index is 790. The summed E-state index contributed by atoms with van der Waals surface area (Å²) in [5.41, 5.74) is 4.72. The molecule has 2 aromatic heterocycles. The molecule has 0 saturated heterocycles. The predicted octanol–water partition coefficient (Wildman–Crippen LogP) is 3.93. The van der Waals surface area contributed by atoms with Gasteiger partial charge in [0, 0.05) is 15.9 Å². The van der Waals surface area contributed by atoms with Crippen molar-refractivity contribution < 1.29 is 0 Å². The van der Waals surface area contributed by atoms with E-state index in [4.69, 9.17) is 4.98 Å². The number of halogens is 1. The second-order valence-corrected chi connectivity index (χ2v) is 7.09. The third kappa shape index (κ3) is 1.92. The molecule has 0 saturated carbocycles. The number of benzene rings is 1. The first-order chi connectivity index (χ1) is 9.72. The maximum absolute atomic E-state index is 4.82. The molecule has 0 bridgehead atoms. The quantitative estimate of drug-likeness (QED) is 0.700. The number of aryl methyl sites for hydroxylation is 1. The van der Waals surface area contributed by atoms with E-state index in [1.165, 1.54) is 16.0 Å². The molecule has 0 amide bonds. The van der Waals surface area contributed by atoms with Gasteiger partial charge in [-0.1, -0.05) is 15.9 Å². The third-order valence-electron chi connectivity index (χ3n) is 3.83. The van der Waals surface area contributed by atoms with E-state index in [2.05, 4.69) is 56.7 Å². The fourth-order valence-corrected chi connectivity index (χ4v) is 4.39. The summed E-state index contributed by atoms with van der Waals surface area (Å²) in [5.74, 6) is 1.01. The Morgan fingerprint density at radius 1 is 1.40 bits per heavy atom. The number of hydrogen-bond acceptors (Lipinski definition) is 3. The van der Waals surface area contributed by atoms with Crippen molar-refractivity contribution in [3.8, 4) is 0 Å². The molecule has 3 heterocycles. The van der Waals surface area contributed by atoms with E-state index in [1.807, 2.05) is 11.3 Å². The van der Waals surface area contributed by atoms with E-state index in [0.29, 0.717) is 0 Å². The topological polar surface area (TPSA) is 40.7 Å². The summed E-state index contributed by atoms with van der Waals surface area (Å²) < 4.78 is 1.09. The number of hydrogen-bond donors (Lipinski definition) is 2. The van der Waals surface area contributed by atoms with Gasteiger partial charge in [0.25, 0.3) is 0 Å². The highest BCUT2D eigenvalue weighted by Crippen LogP contribution is 2.32. The SMILES string of the molecule is Cc1cc(Br)cc2[nH]c(C3NCCc4sccc43)nc12. The zero-order valence-electron chi connectivity index (χ0n) is 11.0. The van der Waals surface area contributed by atoms with Crippen molar-refractivity contribution in [1.82, 2.24) is 15.3 Å². The molecule has 4 rings (SSSR count). The van der Waals surface area contributed by atoms with E-state index in [1.54, 1.807) is 0 Å². The van der Waals surface area contributed by atoms with Crippen LogP contribution < -0.4 is 5.32 Å². The van der Waals surface area contributed by atoms with E-state index in [9.17, 15) is 0 Å². The molecule has 2 N–H and O–H groups in total. The first-order valence-corrected chi connectivity index (χ1v) is 8.35. The second kappa shape index (κ2) is 4.69. The molecule has 1 aromatic carbocycles. The van der Waals surface area contributed by atoms with Crippen LogP contribution in [0.3, 0.4) is 0 Å². The lowest BCUT2D eigenvalue weighted by Crippen LogP contribution is -2.30. The average molecular weight is 348 g/mol. The van der Waals surface area contributed by atoms with Gasteiger partial charge in [0.2, 0.25) is 0 Å². The summed E-state index contributed by atoms with van der Waals surface area (Å²) in [4.78, 5) is 9.78. The van der Waals surface area contributed by atoms with Crippen LogP contribution >= 0.6 is 27.3 Å². The van der Waals surface area contributed by atoms with Crippen LogP contribution in [-0.2, 0) is 6.42 Å². The standard InChI is InChI=1S/C15H14BrN3S/c1-8-6-9(16)7-11-13(8)19-15(18-11)14-10-3-5-20-12(10)2-4-17-14/h3,5-7,14,17H,2,4H2,1H3,(H,18,19). The van der Waals surface area contributed by atoms with Gasteiger partial charge < -0.3 is 10.3 Å². The molecule has 0 fully saturated rings. The Morgan fingerprint density at radius 2 is 2.30 bits per heavy atom. The molecule has 102 valence electrons. The first-order valence-electron chi connectivity index (χ1n) is 6.68. The average Bonchev–Trinajstić information content (AvgIpc) is 3.03. The van der Waals surface area contributed by atoms with E-state index >= 15 is 0 Å². The van der Waals surface area contributed by atoms with Crippen molar-refractivity contribution in [3.05, 3.63) is 49.9 Å². The number of H-pyrrole nitrogens is 1. The fraction of sp³-hybridized carbons (Fsp3) is 0.267. The van der Waals surface area contributed by atoms with Crippen molar-refractivity contribution in [2.24, 2.45) is 0 Å². The van der Waals surface area contributed by atoms with Gasteiger partial charge in [-0.15, -0.1) is 11.3 Å². The second-order valence-electron chi connectivity index (χ2n) is 5.18. The molecule has 0 aliphatic carbocycles. The number of aromatic amines is 1. The molecule has 1 aliphatic rings. The van der Waals surface area contributed by atoms with Crippen LogP contribution in [0.2, 0.25) is 0 Å². The number of aromatic nitrogens is 2. The third-order valence-corrected chi connectivity index (χ3v) is 5.28. The lowest BCUT2D eigenvalue weighted by atomic mass is 10.0. The molecule has 1 atom stereocenters. The van der Waals surface area contributed by atoms with E-state index in [-0.39, 0.29) is 6.04 Å². The van der Waals surface area contributed by atoms with Crippen LogP contribution in [0.5, 0.6) is 0 Å². The highest BCUT2D eigenvalue weighted by molar-refractivity contribution is 9.10. The van der Waals surface area contributed by atoms with Gasteiger partial charge in [-0.3, -0.25) is 0 Å². The summed E-state index contributed by atoms with van der Waals surface area (Å²) in [6, 6.07) is 6.61. The van der Waals surface area contributed by atoms with Gasteiger partial charge in [0.15, 0.2) is 0 Å². The fourth-order valence-electron chi connectivity index (χ4n) is 2.90. The van der Waals surface area contributed by atoms with Crippen molar-refractivity contribution in [1.29, 1.82) is 0 Å². The predicted molar refractivity (Wildman–Crippen MR) is 86.4 cm³/mol. The van der Waals surface area contributed by atoms with Gasteiger partial charge >= 0.3 is 0 Å². The molecule has 1 unspecified atom stereocenters. The molecular weight excluding hydrogens is 334 g/mol. The van der Waals surface area contributed by atoms with Gasteiger partial charge in [-0.25, -0.2) is 4.98 Å². The maximum Gasteiger partial charge on any atom is 0.129 e. The van der Waals surface area contributed by atoms with Crippen molar-refractivity contribution in [2.45, 2.75) is 19.4 Å². The van der Waals surface area contributed by atoms with E-state index < -0.39 is 0 Å². The van der Waals surface area contributed by atoms with Crippen LogP contribution in [0.1, 0.15) is 27.9 Å². The summed E-state index contributed by atoms with van der Waals surface area (Å²) in [5, 5.41) is 5.75. The molecule has 0 spiro atoms. The van der Waals surface area contributed by atoms with Gasteiger partial charge in [-0.2, -0.15) is 0 Å².